The van der Waals surface area contributed by atoms with Crippen molar-refractivity contribution >= 4 is 15.9 Å². The standard InChI is InChI=1S/C14H21N3O3S/c15-9-11-4-1-2-7-13(11)17-21(19,20)12-6-3-5-10(8-12)14(16)18/h3,5-6,8,11,13,17H,1-2,4,7,9,15H2,(H2,16,18). The van der Waals surface area contributed by atoms with E-state index in [1.165, 1.54) is 24.3 Å². The van der Waals surface area contributed by atoms with Gasteiger partial charge in [0.2, 0.25) is 15.9 Å². The van der Waals surface area contributed by atoms with Gasteiger partial charge in [-0.15, -0.1) is 0 Å². The first-order chi connectivity index (χ1) is 9.94. The largest absolute Gasteiger partial charge is 0.366 e. The molecule has 1 aliphatic carbocycles. The molecule has 1 aliphatic rings. The van der Waals surface area contributed by atoms with Crippen LogP contribution in [0, 0.1) is 5.92 Å². The molecule has 1 aromatic rings. The molecule has 2 unspecified atom stereocenters. The van der Waals surface area contributed by atoms with Crippen molar-refractivity contribution in [3.63, 3.8) is 0 Å². The molecule has 0 aliphatic heterocycles. The Hall–Kier alpha value is -1.44. The zero-order chi connectivity index (χ0) is 15.5. The lowest BCUT2D eigenvalue weighted by Gasteiger charge is -2.31. The van der Waals surface area contributed by atoms with E-state index < -0.39 is 15.9 Å². The Kier molecular flexibility index (Phi) is 4.97. The molecule has 0 bridgehead atoms. The number of sulfonamides is 1. The molecule has 2 rings (SSSR count). The van der Waals surface area contributed by atoms with Crippen LogP contribution < -0.4 is 16.2 Å². The molecule has 0 radical (unpaired) electrons. The smallest absolute Gasteiger partial charge is 0.248 e. The van der Waals surface area contributed by atoms with Gasteiger partial charge < -0.3 is 11.5 Å². The highest BCUT2D eigenvalue weighted by Crippen LogP contribution is 2.25. The number of nitrogens with two attached hydrogens (primary N) is 2. The molecule has 1 amide bonds. The van der Waals surface area contributed by atoms with Crippen LogP contribution >= 0.6 is 0 Å². The van der Waals surface area contributed by atoms with Gasteiger partial charge in [0.1, 0.15) is 0 Å². The highest BCUT2D eigenvalue weighted by molar-refractivity contribution is 7.89. The molecule has 1 fully saturated rings. The Bertz CT molecular complexity index is 616. The van der Waals surface area contributed by atoms with Crippen LogP contribution in [0.1, 0.15) is 36.0 Å². The lowest BCUT2D eigenvalue weighted by atomic mass is 9.85. The summed E-state index contributed by atoms with van der Waals surface area (Å²) >= 11 is 0. The number of hydrogen-bond acceptors (Lipinski definition) is 4. The van der Waals surface area contributed by atoms with Gasteiger partial charge in [-0.2, -0.15) is 0 Å². The lowest BCUT2D eigenvalue weighted by Crippen LogP contribution is -2.44. The number of nitrogens with one attached hydrogen (secondary N) is 1. The molecule has 0 spiro atoms. The van der Waals surface area contributed by atoms with Gasteiger partial charge >= 0.3 is 0 Å². The van der Waals surface area contributed by atoms with Crippen molar-refractivity contribution in [2.24, 2.45) is 17.4 Å². The van der Waals surface area contributed by atoms with Gasteiger partial charge in [-0.3, -0.25) is 4.79 Å². The number of carbonyl (C=O) groups excluding carboxylic acids is 1. The van der Waals surface area contributed by atoms with Crippen molar-refractivity contribution in [2.75, 3.05) is 6.54 Å². The highest BCUT2D eigenvalue weighted by Gasteiger charge is 2.28. The number of carbonyl (C=O) groups is 1. The fourth-order valence-electron chi connectivity index (χ4n) is 2.73. The maximum atomic E-state index is 12.4. The average Bonchev–Trinajstić information content (AvgIpc) is 2.47. The molecular weight excluding hydrogens is 290 g/mol. The predicted molar refractivity (Wildman–Crippen MR) is 80.1 cm³/mol. The number of rotatable bonds is 5. The second-order valence-corrected chi connectivity index (χ2v) is 7.11. The Morgan fingerprint density at radius 3 is 2.67 bits per heavy atom. The quantitative estimate of drug-likeness (QED) is 0.737. The molecule has 1 saturated carbocycles. The monoisotopic (exact) mass is 311 g/mol. The molecule has 6 nitrogen and oxygen atoms in total. The highest BCUT2D eigenvalue weighted by atomic mass is 32.2. The summed E-state index contributed by atoms with van der Waals surface area (Å²) in [5, 5.41) is 0. The van der Waals surface area contributed by atoms with Crippen molar-refractivity contribution in [1.82, 2.24) is 4.72 Å². The first-order valence-corrected chi connectivity index (χ1v) is 8.54. The van der Waals surface area contributed by atoms with Crippen LogP contribution in [0.2, 0.25) is 0 Å². The third-order valence-corrected chi connectivity index (χ3v) is 5.43. The molecule has 0 saturated heterocycles. The molecule has 2 atom stereocenters. The van der Waals surface area contributed by atoms with Crippen LogP contribution in [-0.2, 0) is 10.0 Å². The second-order valence-electron chi connectivity index (χ2n) is 5.40. The minimum Gasteiger partial charge on any atom is -0.366 e. The molecular formula is C14H21N3O3S. The molecule has 21 heavy (non-hydrogen) atoms. The second kappa shape index (κ2) is 6.55. The summed E-state index contributed by atoms with van der Waals surface area (Å²) in [6.45, 7) is 0.467. The van der Waals surface area contributed by atoms with Crippen LogP contribution in [-0.4, -0.2) is 26.9 Å². The number of amides is 1. The number of benzene rings is 1. The van der Waals surface area contributed by atoms with E-state index in [1.54, 1.807) is 0 Å². The molecule has 5 N–H and O–H groups in total. The zero-order valence-corrected chi connectivity index (χ0v) is 12.6. The topological polar surface area (TPSA) is 115 Å². The fraction of sp³-hybridized carbons (Fsp3) is 0.500. The summed E-state index contributed by atoms with van der Waals surface area (Å²) in [6, 6.07) is 5.60. The van der Waals surface area contributed by atoms with Crippen molar-refractivity contribution < 1.29 is 13.2 Å². The molecule has 0 aromatic heterocycles. The zero-order valence-electron chi connectivity index (χ0n) is 11.8. The Labute approximate surface area is 124 Å². The third-order valence-electron chi connectivity index (χ3n) is 3.95. The van der Waals surface area contributed by atoms with E-state index in [-0.39, 0.29) is 22.4 Å². The average molecular weight is 311 g/mol. The van der Waals surface area contributed by atoms with Gasteiger partial charge in [-0.05, 0) is 43.5 Å². The number of hydrogen-bond donors (Lipinski definition) is 3. The third kappa shape index (κ3) is 3.81. The van der Waals surface area contributed by atoms with Crippen LogP contribution in [0.5, 0.6) is 0 Å². The van der Waals surface area contributed by atoms with Crippen LogP contribution in [0.15, 0.2) is 29.2 Å². The van der Waals surface area contributed by atoms with E-state index in [4.69, 9.17) is 11.5 Å². The van der Waals surface area contributed by atoms with Gasteiger partial charge in [-0.25, -0.2) is 13.1 Å². The molecule has 0 heterocycles. The predicted octanol–water partition coefficient (Wildman–Crippen LogP) is 0.581. The molecule has 7 heteroatoms. The summed E-state index contributed by atoms with van der Waals surface area (Å²) < 4.78 is 27.6. The van der Waals surface area contributed by atoms with Crippen LogP contribution in [0.25, 0.3) is 0 Å². The van der Waals surface area contributed by atoms with Crippen molar-refractivity contribution in [2.45, 2.75) is 36.6 Å². The maximum Gasteiger partial charge on any atom is 0.248 e. The Balaban J connectivity index is 2.21. The van der Waals surface area contributed by atoms with Crippen LogP contribution in [0.4, 0.5) is 0 Å². The first kappa shape index (κ1) is 15.9. The number of primary amides is 1. The Morgan fingerprint density at radius 2 is 2.00 bits per heavy atom. The summed E-state index contributed by atoms with van der Waals surface area (Å²) in [4.78, 5) is 11.2. The van der Waals surface area contributed by atoms with E-state index in [2.05, 4.69) is 4.72 Å². The van der Waals surface area contributed by atoms with Crippen molar-refractivity contribution in [1.29, 1.82) is 0 Å². The van der Waals surface area contributed by atoms with Gasteiger partial charge in [0.05, 0.1) is 4.90 Å². The van der Waals surface area contributed by atoms with Crippen molar-refractivity contribution in [3.8, 4) is 0 Å². The lowest BCUT2D eigenvalue weighted by molar-refractivity contribution is 0.1000. The molecule has 1 aromatic carbocycles. The summed E-state index contributed by atoms with van der Waals surface area (Å²) in [7, 11) is -3.67. The van der Waals surface area contributed by atoms with Gasteiger partial charge in [0.15, 0.2) is 0 Å². The van der Waals surface area contributed by atoms with Crippen molar-refractivity contribution in [3.05, 3.63) is 29.8 Å². The minimum atomic E-state index is -3.67. The van der Waals surface area contributed by atoms with Gasteiger partial charge in [-0.1, -0.05) is 18.9 Å². The summed E-state index contributed by atoms with van der Waals surface area (Å²) in [5.41, 5.74) is 11.1. The fourth-order valence-corrected chi connectivity index (χ4v) is 4.11. The van der Waals surface area contributed by atoms with E-state index in [1.807, 2.05) is 0 Å². The van der Waals surface area contributed by atoms with E-state index in [0.717, 1.165) is 25.7 Å². The van der Waals surface area contributed by atoms with E-state index in [9.17, 15) is 13.2 Å². The summed E-state index contributed by atoms with van der Waals surface area (Å²) in [6.07, 6.45) is 3.80. The van der Waals surface area contributed by atoms with Gasteiger partial charge in [0, 0.05) is 11.6 Å². The summed E-state index contributed by atoms with van der Waals surface area (Å²) in [5.74, 6) is -0.489. The van der Waals surface area contributed by atoms with Crippen LogP contribution in [0.3, 0.4) is 0 Å². The minimum absolute atomic E-state index is 0.0557. The van der Waals surface area contributed by atoms with E-state index >= 15 is 0 Å². The van der Waals surface area contributed by atoms with E-state index in [0.29, 0.717) is 6.54 Å². The SMILES string of the molecule is NCC1CCCCC1NS(=O)(=O)c1cccc(C(N)=O)c1. The maximum absolute atomic E-state index is 12.4. The molecule has 116 valence electrons. The first-order valence-electron chi connectivity index (χ1n) is 7.06. The van der Waals surface area contributed by atoms with Gasteiger partial charge in [0.25, 0.3) is 0 Å². The Morgan fingerprint density at radius 1 is 1.29 bits per heavy atom. The normalized spacial score (nSPS) is 22.9.